The van der Waals surface area contributed by atoms with Crippen molar-refractivity contribution >= 4 is 24.3 Å². The van der Waals surface area contributed by atoms with Crippen molar-refractivity contribution < 1.29 is 14.8 Å². The molecule has 1 aromatic rings. The van der Waals surface area contributed by atoms with Crippen molar-refractivity contribution in [3.63, 3.8) is 0 Å². The van der Waals surface area contributed by atoms with E-state index in [4.69, 9.17) is 4.74 Å². The second-order valence-corrected chi connectivity index (χ2v) is 6.72. The van der Waals surface area contributed by atoms with E-state index < -0.39 is 7.12 Å². The van der Waals surface area contributed by atoms with Crippen LogP contribution in [-0.4, -0.2) is 52.8 Å². The van der Waals surface area contributed by atoms with Crippen LogP contribution in [0, 0.1) is 0 Å². The normalized spacial score (nSPS) is 23.6. The molecule has 2 unspecified atom stereocenters. The molecule has 1 aliphatic rings. The number of benzene rings is 1. The van der Waals surface area contributed by atoms with Crippen LogP contribution in [0.5, 0.6) is 5.75 Å². The Bertz CT molecular complexity index is 458. The minimum Gasteiger partial charge on any atom is -0.497 e. The molecule has 0 bridgehead atoms. The largest absolute Gasteiger partial charge is 0.497 e. The smallest absolute Gasteiger partial charge is 0.492 e. The molecule has 0 radical (unpaired) electrons. The number of hydrogen-bond acceptors (Lipinski definition) is 5. The second-order valence-electron chi connectivity index (χ2n) is 5.24. The average Bonchev–Trinajstić information content (AvgIpc) is 2.43. The summed E-state index contributed by atoms with van der Waals surface area (Å²) in [5.74, 6) is 1.66. The van der Waals surface area contributed by atoms with Crippen molar-refractivity contribution in [3.8, 4) is 5.75 Å². The fourth-order valence-corrected chi connectivity index (χ4v) is 3.70. The summed E-state index contributed by atoms with van der Waals surface area (Å²) < 4.78 is 5.15. The van der Waals surface area contributed by atoms with Crippen molar-refractivity contribution in [2.24, 2.45) is 0 Å². The molecule has 0 aromatic heterocycles. The molecule has 1 fully saturated rings. The van der Waals surface area contributed by atoms with Gasteiger partial charge in [-0.1, -0.05) is 19.1 Å². The van der Waals surface area contributed by atoms with Crippen LogP contribution < -0.4 is 10.2 Å². The predicted molar refractivity (Wildman–Crippen MR) is 84.6 cm³/mol. The van der Waals surface area contributed by atoms with Crippen LogP contribution in [0.4, 0.5) is 0 Å². The minimum absolute atomic E-state index is 0.428. The molecule has 0 saturated carbocycles. The molecule has 20 heavy (non-hydrogen) atoms. The molecule has 1 saturated heterocycles. The van der Waals surface area contributed by atoms with Gasteiger partial charge in [-0.2, -0.15) is 11.8 Å². The van der Waals surface area contributed by atoms with E-state index in [1.165, 1.54) is 7.11 Å². The number of thioether (sulfide) groups is 1. The Labute approximate surface area is 125 Å². The van der Waals surface area contributed by atoms with Gasteiger partial charge >= 0.3 is 7.12 Å². The summed E-state index contributed by atoms with van der Waals surface area (Å²) in [5.41, 5.74) is 1.51. The first-order valence-electron chi connectivity index (χ1n) is 6.91. The number of ether oxygens (including phenoxy) is 1. The first-order chi connectivity index (χ1) is 9.52. The molecular weight excluding hydrogens is 273 g/mol. The zero-order valence-electron chi connectivity index (χ0n) is 12.2. The van der Waals surface area contributed by atoms with Gasteiger partial charge < -0.3 is 14.8 Å². The summed E-state index contributed by atoms with van der Waals surface area (Å²) in [7, 11) is 0.0325. The molecule has 1 heterocycles. The molecule has 1 aromatic carbocycles. The van der Waals surface area contributed by atoms with Crippen LogP contribution in [0.2, 0.25) is 0 Å². The highest BCUT2D eigenvalue weighted by Crippen LogP contribution is 2.25. The average molecular weight is 295 g/mol. The Morgan fingerprint density at radius 2 is 2.15 bits per heavy atom. The first-order valence-corrected chi connectivity index (χ1v) is 7.96. The number of methoxy groups -OCH3 is 1. The van der Waals surface area contributed by atoms with E-state index in [-0.39, 0.29) is 0 Å². The molecule has 1 aliphatic heterocycles. The first kappa shape index (κ1) is 15.7. The SMILES string of the molecule is COc1ccc(CN2CCSC(C)C2C)cc1B(O)O. The van der Waals surface area contributed by atoms with E-state index in [0.29, 0.717) is 22.5 Å². The van der Waals surface area contributed by atoms with Crippen LogP contribution >= 0.6 is 11.8 Å². The van der Waals surface area contributed by atoms with Crippen LogP contribution in [0.3, 0.4) is 0 Å². The van der Waals surface area contributed by atoms with Crippen molar-refractivity contribution in [1.82, 2.24) is 4.90 Å². The van der Waals surface area contributed by atoms with Crippen molar-refractivity contribution in [2.45, 2.75) is 31.7 Å². The Morgan fingerprint density at radius 1 is 1.40 bits per heavy atom. The van der Waals surface area contributed by atoms with Crippen LogP contribution in [0.1, 0.15) is 19.4 Å². The molecule has 4 nitrogen and oxygen atoms in total. The van der Waals surface area contributed by atoms with E-state index in [1.807, 2.05) is 23.9 Å². The summed E-state index contributed by atoms with van der Waals surface area (Å²) >= 11 is 2.01. The van der Waals surface area contributed by atoms with Crippen molar-refractivity contribution in [1.29, 1.82) is 0 Å². The highest BCUT2D eigenvalue weighted by Gasteiger charge is 2.25. The van der Waals surface area contributed by atoms with E-state index >= 15 is 0 Å². The van der Waals surface area contributed by atoms with E-state index in [2.05, 4.69) is 18.7 Å². The molecule has 6 heteroatoms. The Hall–Kier alpha value is -0.685. The summed E-state index contributed by atoms with van der Waals surface area (Å²) in [6.45, 7) is 6.41. The molecule has 2 N–H and O–H groups in total. The van der Waals surface area contributed by atoms with Gasteiger partial charge in [-0.25, -0.2) is 0 Å². The van der Waals surface area contributed by atoms with Gasteiger partial charge in [0.05, 0.1) is 7.11 Å². The third kappa shape index (κ3) is 3.49. The van der Waals surface area contributed by atoms with E-state index in [1.54, 1.807) is 6.07 Å². The minimum atomic E-state index is -1.50. The van der Waals surface area contributed by atoms with Crippen LogP contribution in [0.15, 0.2) is 18.2 Å². The number of rotatable bonds is 4. The fraction of sp³-hybridized carbons (Fsp3) is 0.571. The monoisotopic (exact) mass is 295 g/mol. The van der Waals surface area contributed by atoms with Crippen LogP contribution in [-0.2, 0) is 6.54 Å². The van der Waals surface area contributed by atoms with Gasteiger partial charge in [0, 0.05) is 35.6 Å². The number of hydrogen-bond donors (Lipinski definition) is 2. The molecule has 0 aliphatic carbocycles. The lowest BCUT2D eigenvalue weighted by Gasteiger charge is -2.37. The highest BCUT2D eigenvalue weighted by molar-refractivity contribution is 8.00. The summed E-state index contributed by atoms with van der Waals surface area (Å²) in [6, 6.07) is 6.14. The van der Waals surface area contributed by atoms with Gasteiger partial charge in [0.1, 0.15) is 5.75 Å². The van der Waals surface area contributed by atoms with Gasteiger partial charge in [0.25, 0.3) is 0 Å². The summed E-state index contributed by atoms with van der Waals surface area (Å²) in [6.07, 6.45) is 0. The van der Waals surface area contributed by atoms with E-state index in [0.717, 1.165) is 24.4 Å². The standard InChI is InChI=1S/C14H22BNO3S/c1-10-11(2)20-7-6-16(10)9-12-4-5-14(19-3)13(8-12)15(17)18/h4-5,8,10-11,17-18H,6-7,9H2,1-3H3. The molecule has 0 amide bonds. The Morgan fingerprint density at radius 3 is 2.80 bits per heavy atom. The van der Waals surface area contributed by atoms with Crippen LogP contribution in [0.25, 0.3) is 0 Å². The van der Waals surface area contributed by atoms with Gasteiger partial charge in [-0.15, -0.1) is 0 Å². The maximum absolute atomic E-state index is 9.42. The van der Waals surface area contributed by atoms with Gasteiger partial charge in [-0.3, -0.25) is 4.90 Å². The zero-order valence-corrected chi connectivity index (χ0v) is 13.1. The third-order valence-corrected chi connectivity index (χ3v) is 5.31. The number of nitrogens with zero attached hydrogens (tertiary/aromatic N) is 1. The second kappa shape index (κ2) is 6.85. The van der Waals surface area contributed by atoms with E-state index in [9.17, 15) is 10.0 Å². The van der Waals surface area contributed by atoms with Crippen molar-refractivity contribution in [3.05, 3.63) is 23.8 Å². The molecule has 2 rings (SSSR count). The highest BCUT2D eigenvalue weighted by atomic mass is 32.2. The van der Waals surface area contributed by atoms with Gasteiger partial charge in [0.2, 0.25) is 0 Å². The van der Waals surface area contributed by atoms with Gasteiger partial charge in [-0.05, 0) is 18.6 Å². The Balaban J connectivity index is 2.15. The molecule has 110 valence electrons. The quantitative estimate of drug-likeness (QED) is 0.801. The Kier molecular flexibility index (Phi) is 5.38. The summed E-state index contributed by atoms with van der Waals surface area (Å²) in [4.78, 5) is 2.44. The predicted octanol–water partition coefficient (Wildman–Crippen LogP) is 0.701. The third-order valence-electron chi connectivity index (χ3n) is 3.97. The maximum atomic E-state index is 9.42. The lowest BCUT2D eigenvalue weighted by molar-refractivity contribution is 0.204. The fourth-order valence-electron chi connectivity index (χ4n) is 2.54. The summed E-state index contributed by atoms with van der Waals surface area (Å²) in [5, 5.41) is 19.5. The van der Waals surface area contributed by atoms with Gasteiger partial charge in [0.15, 0.2) is 0 Å². The molecular formula is C14H22BNO3S. The van der Waals surface area contributed by atoms with Crippen molar-refractivity contribution in [2.75, 3.05) is 19.4 Å². The molecule has 0 spiro atoms. The maximum Gasteiger partial charge on any atom is 0.492 e. The lowest BCUT2D eigenvalue weighted by atomic mass is 9.78. The zero-order chi connectivity index (χ0) is 14.7. The topological polar surface area (TPSA) is 52.9 Å². The molecule has 2 atom stereocenters. The lowest BCUT2D eigenvalue weighted by Crippen LogP contribution is -2.44.